The minimum Gasteiger partial charge on any atom is -0.462 e. The van der Waals surface area contributed by atoms with Crippen molar-refractivity contribution in [2.75, 3.05) is 37.8 Å². The standard InChI is InChI=1S/C15H23N3O3/c1-3-20-11-12-5-7-18(8-6-12)15-16-9-13(10-17-15)14(19)21-4-2/h9-10,12H,3-8,11H2,1-2H3. The number of hydrogen-bond acceptors (Lipinski definition) is 6. The van der Waals surface area contributed by atoms with Crippen molar-refractivity contribution < 1.29 is 14.3 Å². The molecule has 0 unspecified atom stereocenters. The number of carbonyl (C=O) groups is 1. The van der Waals surface area contributed by atoms with Crippen LogP contribution >= 0.6 is 0 Å². The lowest BCUT2D eigenvalue weighted by Crippen LogP contribution is -2.36. The van der Waals surface area contributed by atoms with Gasteiger partial charge in [-0.05, 0) is 32.6 Å². The highest BCUT2D eigenvalue weighted by molar-refractivity contribution is 5.88. The van der Waals surface area contributed by atoms with Crippen LogP contribution < -0.4 is 4.90 Å². The minimum absolute atomic E-state index is 0.355. The van der Waals surface area contributed by atoms with Gasteiger partial charge in [0, 0.05) is 38.7 Å². The molecule has 116 valence electrons. The van der Waals surface area contributed by atoms with Crippen molar-refractivity contribution in [2.45, 2.75) is 26.7 Å². The molecular weight excluding hydrogens is 270 g/mol. The van der Waals surface area contributed by atoms with Crippen molar-refractivity contribution in [1.82, 2.24) is 9.97 Å². The van der Waals surface area contributed by atoms with Crippen LogP contribution in [0.2, 0.25) is 0 Å². The average molecular weight is 293 g/mol. The van der Waals surface area contributed by atoms with Gasteiger partial charge in [0.05, 0.1) is 12.2 Å². The molecule has 0 atom stereocenters. The zero-order valence-electron chi connectivity index (χ0n) is 12.7. The summed E-state index contributed by atoms with van der Waals surface area (Å²) in [5.41, 5.74) is 0.395. The van der Waals surface area contributed by atoms with Crippen LogP contribution in [0.15, 0.2) is 12.4 Å². The van der Waals surface area contributed by atoms with Crippen LogP contribution in [-0.4, -0.2) is 48.8 Å². The number of hydrogen-bond donors (Lipinski definition) is 0. The van der Waals surface area contributed by atoms with E-state index in [9.17, 15) is 4.79 Å². The summed E-state index contributed by atoms with van der Waals surface area (Å²) >= 11 is 0. The van der Waals surface area contributed by atoms with Crippen molar-refractivity contribution >= 4 is 11.9 Å². The summed E-state index contributed by atoms with van der Waals surface area (Å²) in [5, 5.41) is 0. The highest BCUT2D eigenvalue weighted by Gasteiger charge is 2.21. The second-order valence-corrected chi connectivity index (χ2v) is 5.08. The highest BCUT2D eigenvalue weighted by Crippen LogP contribution is 2.20. The number of aromatic nitrogens is 2. The van der Waals surface area contributed by atoms with Gasteiger partial charge in [-0.3, -0.25) is 0 Å². The Bertz CT molecular complexity index is 442. The number of nitrogens with zero attached hydrogens (tertiary/aromatic N) is 3. The number of piperidine rings is 1. The third-order valence-electron chi connectivity index (χ3n) is 3.60. The molecule has 0 bridgehead atoms. The van der Waals surface area contributed by atoms with Gasteiger partial charge in [0.15, 0.2) is 0 Å². The quantitative estimate of drug-likeness (QED) is 0.746. The fraction of sp³-hybridized carbons (Fsp3) is 0.667. The van der Waals surface area contributed by atoms with Crippen LogP contribution in [0.5, 0.6) is 0 Å². The van der Waals surface area contributed by atoms with Gasteiger partial charge in [-0.2, -0.15) is 0 Å². The summed E-state index contributed by atoms with van der Waals surface area (Å²) in [5.74, 6) is 0.928. The molecule has 6 heteroatoms. The second kappa shape index (κ2) is 7.93. The molecule has 0 aliphatic carbocycles. The Balaban J connectivity index is 1.87. The average Bonchev–Trinajstić information content (AvgIpc) is 2.54. The van der Waals surface area contributed by atoms with Gasteiger partial charge in [-0.25, -0.2) is 14.8 Å². The minimum atomic E-state index is -0.375. The molecular formula is C15H23N3O3. The maximum Gasteiger partial charge on any atom is 0.341 e. The predicted octanol–water partition coefficient (Wildman–Crippen LogP) is 1.91. The summed E-state index contributed by atoms with van der Waals surface area (Å²) in [6, 6.07) is 0. The van der Waals surface area contributed by atoms with Crippen LogP contribution in [0.4, 0.5) is 5.95 Å². The van der Waals surface area contributed by atoms with Gasteiger partial charge in [-0.15, -0.1) is 0 Å². The van der Waals surface area contributed by atoms with E-state index in [0.717, 1.165) is 39.1 Å². The Kier molecular flexibility index (Phi) is 5.92. The number of anilines is 1. The Morgan fingerprint density at radius 3 is 2.48 bits per heavy atom. The predicted molar refractivity (Wildman–Crippen MR) is 79.4 cm³/mol. The molecule has 0 spiro atoms. The molecule has 0 saturated carbocycles. The van der Waals surface area contributed by atoms with E-state index < -0.39 is 0 Å². The van der Waals surface area contributed by atoms with Gasteiger partial charge in [0.2, 0.25) is 5.95 Å². The fourth-order valence-electron chi connectivity index (χ4n) is 2.39. The molecule has 1 aromatic rings. The fourth-order valence-corrected chi connectivity index (χ4v) is 2.39. The largest absolute Gasteiger partial charge is 0.462 e. The molecule has 6 nitrogen and oxygen atoms in total. The monoisotopic (exact) mass is 293 g/mol. The Morgan fingerprint density at radius 2 is 1.90 bits per heavy atom. The molecule has 1 aliphatic rings. The normalized spacial score (nSPS) is 16.0. The zero-order valence-corrected chi connectivity index (χ0v) is 12.7. The van der Waals surface area contributed by atoms with E-state index in [2.05, 4.69) is 14.9 Å². The Hall–Kier alpha value is -1.69. The van der Waals surface area contributed by atoms with Crippen molar-refractivity contribution in [3.63, 3.8) is 0 Å². The molecule has 0 aromatic carbocycles. The Morgan fingerprint density at radius 1 is 1.24 bits per heavy atom. The third-order valence-corrected chi connectivity index (χ3v) is 3.60. The first-order valence-corrected chi connectivity index (χ1v) is 7.56. The van der Waals surface area contributed by atoms with Gasteiger partial charge in [0.1, 0.15) is 0 Å². The van der Waals surface area contributed by atoms with Gasteiger partial charge in [0.25, 0.3) is 0 Å². The van der Waals surface area contributed by atoms with Crippen LogP contribution in [0.25, 0.3) is 0 Å². The molecule has 1 aromatic heterocycles. The van der Waals surface area contributed by atoms with Gasteiger partial charge >= 0.3 is 5.97 Å². The smallest absolute Gasteiger partial charge is 0.341 e. The lowest BCUT2D eigenvalue weighted by molar-refractivity contribution is 0.0525. The van der Waals surface area contributed by atoms with E-state index in [0.29, 0.717) is 24.0 Å². The number of ether oxygens (including phenoxy) is 2. The first-order chi connectivity index (χ1) is 10.2. The van der Waals surface area contributed by atoms with Crippen molar-refractivity contribution in [2.24, 2.45) is 5.92 Å². The lowest BCUT2D eigenvalue weighted by atomic mass is 9.98. The van der Waals surface area contributed by atoms with Crippen molar-refractivity contribution in [1.29, 1.82) is 0 Å². The molecule has 2 rings (SSSR count). The van der Waals surface area contributed by atoms with E-state index in [1.54, 1.807) is 6.92 Å². The van der Waals surface area contributed by atoms with E-state index in [4.69, 9.17) is 9.47 Å². The van der Waals surface area contributed by atoms with E-state index >= 15 is 0 Å². The highest BCUT2D eigenvalue weighted by atomic mass is 16.5. The van der Waals surface area contributed by atoms with Crippen molar-refractivity contribution in [3.8, 4) is 0 Å². The topological polar surface area (TPSA) is 64.5 Å². The molecule has 0 N–H and O–H groups in total. The summed E-state index contributed by atoms with van der Waals surface area (Å²) < 4.78 is 10.4. The Labute approximate surface area is 125 Å². The summed E-state index contributed by atoms with van der Waals surface area (Å²) in [4.78, 5) is 22.2. The first-order valence-electron chi connectivity index (χ1n) is 7.56. The van der Waals surface area contributed by atoms with Crippen molar-refractivity contribution in [3.05, 3.63) is 18.0 Å². The summed E-state index contributed by atoms with van der Waals surface area (Å²) in [6.07, 6.45) is 5.24. The second-order valence-electron chi connectivity index (χ2n) is 5.08. The lowest BCUT2D eigenvalue weighted by Gasteiger charge is -2.31. The maximum atomic E-state index is 11.5. The molecule has 1 saturated heterocycles. The molecule has 0 radical (unpaired) electrons. The van der Waals surface area contributed by atoms with Crippen LogP contribution in [0.1, 0.15) is 37.0 Å². The molecule has 2 heterocycles. The summed E-state index contributed by atoms with van der Waals surface area (Å²) in [7, 11) is 0. The molecule has 1 fully saturated rings. The molecule has 21 heavy (non-hydrogen) atoms. The number of esters is 1. The molecule has 0 amide bonds. The van der Waals surface area contributed by atoms with Crippen LogP contribution in [0, 0.1) is 5.92 Å². The van der Waals surface area contributed by atoms with Crippen LogP contribution in [0.3, 0.4) is 0 Å². The zero-order chi connectivity index (χ0) is 15.1. The number of rotatable bonds is 6. The van der Waals surface area contributed by atoms with E-state index in [1.807, 2.05) is 6.92 Å². The number of carbonyl (C=O) groups excluding carboxylic acids is 1. The third kappa shape index (κ3) is 4.39. The van der Waals surface area contributed by atoms with Gasteiger partial charge in [-0.1, -0.05) is 0 Å². The van der Waals surface area contributed by atoms with Gasteiger partial charge < -0.3 is 14.4 Å². The maximum absolute atomic E-state index is 11.5. The van der Waals surface area contributed by atoms with E-state index in [1.165, 1.54) is 12.4 Å². The summed E-state index contributed by atoms with van der Waals surface area (Å²) in [6.45, 7) is 7.63. The van der Waals surface area contributed by atoms with Crippen LogP contribution in [-0.2, 0) is 9.47 Å². The SMILES string of the molecule is CCOCC1CCN(c2ncc(C(=O)OCC)cn2)CC1. The first kappa shape index (κ1) is 15.7. The molecule has 1 aliphatic heterocycles. The van der Waals surface area contributed by atoms with E-state index in [-0.39, 0.29) is 5.97 Å².